The SMILES string of the molecule is CS(=O)(=O)CCSCc1c(C(=O)O)oc2ccccc12. The molecule has 0 amide bonds. The minimum absolute atomic E-state index is 0.0712. The predicted octanol–water partition coefficient (Wildman–Crippen LogP) is 2.41. The maximum absolute atomic E-state index is 11.2. The van der Waals surface area contributed by atoms with E-state index in [-0.39, 0.29) is 11.5 Å². The Labute approximate surface area is 120 Å². The van der Waals surface area contributed by atoms with E-state index in [1.165, 1.54) is 18.0 Å². The van der Waals surface area contributed by atoms with E-state index in [2.05, 4.69) is 0 Å². The lowest BCUT2D eigenvalue weighted by molar-refractivity contribution is 0.0663. The standard InChI is InChI=1S/C13H14O5S2/c1-20(16,17)7-6-19-8-10-9-4-2-3-5-11(9)18-12(10)13(14)15/h2-5H,6-8H2,1H3,(H,14,15). The number of carbonyl (C=O) groups is 1. The Kier molecular flexibility index (Phi) is 4.39. The zero-order chi connectivity index (χ0) is 14.8. The van der Waals surface area contributed by atoms with Crippen molar-refractivity contribution in [1.29, 1.82) is 0 Å². The van der Waals surface area contributed by atoms with Crippen molar-refractivity contribution in [2.24, 2.45) is 0 Å². The van der Waals surface area contributed by atoms with Gasteiger partial charge < -0.3 is 9.52 Å². The molecule has 0 atom stereocenters. The van der Waals surface area contributed by atoms with Crippen LogP contribution in [0.3, 0.4) is 0 Å². The number of thioether (sulfide) groups is 1. The molecule has 0 unspecified atom stereocenters. The molecule has 20 heavy (non-hydrogen) atoms. The zero-order valence-corrected chi connectivity index (χ0v) is 12.5. The molecule has 0 bridgehead atoms. The van der Waals surface area contributed by atoms with Gasteiger partial charge in [-0.2, -0.15) is 11.8 Å². The summed E-state index contributed by atoms with van der Waals surface area (Å²) in [5.41, 5.74) is 1.13. The van der Waals surface area contributed by atoms with Gasteiger partial charge in [-0.05, 0) is 6.07 Å². The summed E-state index contributed by atoms with van der Waals surface area (Å²) >= 11 is 1.38. The lowest BCUT2D eigenvalue weighted by atomic mass is 10.1. The largest absolute Gasteiger partial charge is 0.475 e. The highest BCUT2D eigenvalue weighted by Crippen LogP contribution is 2.29. The van der Waals surface area contributed by atoms with Crippen LogP contribution in [0.4, 0.5) is 0 Å². The van der Waals surface area contributed by atoms with E-state index < -0.39 is 15.8 Å². The van der Waals surface area contributed by atoms with E-state index in [4.69, 9.17) is 9.52 Å². The van der Waals surface area contributed by atoms with Crippen molar-refractivity contribution in [3.05, 3.63) is 35.6 Å². The number of para-hydroxylation sites is 1. The molecule has 1 aromatic heterocycles. The Hall–Kier alpha value is -1.47. The first-order valence-corrected chi connectivity index (χ1v) is 9.09. The first kappa shape index (κ1) is 14.9. The second-order valence-corrected chi connectivity index (χ2v) is 7.76. The molecule has 5 nitrogen and oxygen atoms in total. The Morgan fingerprint density at radius 1 is 1.35 bits per heavy atom. The van der Waals surface area contributed by atoms with Crippen LogP contribution in [-0.4, -0.2) is 37.3 Å². The van der Waals surface area contributed by atoms with Crippen LogP contribution < -0.4 is 0 Å². The Morgan fingerprint density at radius 2 is 2.05 bits per heavy atom. The minimum atomic E-state index is -2.99. The van der Waals surface area contributed by atoms with E-state index in [1.54, 1.807) is 18.2 Å². The molecule has 1 N–H and O–H groups in total. The number of carboxylic acids is 1. The number of hydrogen-bond donors (Lipinski definition) is 1. The van der Waals surface area contributed by atoms with Gasteiger partial charge in [0.1, 0.15) is 15.4 Å². The zero-order valence-electron chi connectivity index (χ0n) is 10.8. The third-order valence-electron chi connectivity index (χ3n) is 2.74. The van der Waals surface area contributed by atoms with Crippen molar-refractivity contribution in [3.63, 3.8) is 0 Å². The summed E-state index contributed by atoms with van der Waals surface area (Å²) in [6.45, 7) is 0. The fourth-order valence-corrected chi connectivity index (χ4v) is 4.12. The Morgan fingerprint density at radius 3 is 2.70 bits per heavy atom. The van der Waals surface area contributed by atoms with Crippen LogP contribution >= 0.6 is 11.8 Å². The van der Waals surface area contributed by atoms with Crippen molar-refractivity contribution in [3.8, 4) is 0 Å². The molecule has 7 heteroatoms. The molecule has 1 aromatic carbocycles. The smallest absolute Gasteiger partial charge is 0.372 e. The molecular weight excluding hydrogens is 300 g/mol. The second kappa shape index (κ2) is 5.88. The van der Waals surface area contributed by atoms with Gasteiger partial charge in [0.15, 0.2) is 0 Å². The number of sulfone groups is 1. The average Bonchev–Trinajstić information content (AvgIpc) is 2.72. The highest BCUT2D eigenvalue weighted by atomic mass is 32.2. The van der Waals surface area contributed by atoms with Gasteiger partial charge in [-0.1, -0.05) is 18.2 Å². The number of aromatic carboxylic acids is 1. The number of hydrogen-bond acceptors (Lipinski definition) is 5. The third kappa shape index (κ3) is 3.55. The van der Waals surface area contributed by atoms with Gasteiger partial charge >= 0.3 is 5.97 Å². The molecule has 0 saturated heterocycles. The molecule has 0 radical (unpaired) electrons. The van der Waals surface area contributed by atoms with E-state index >= 15 is 0 Å². The van der Waals surface area contributed by atoms with Gasteiger partial charge in [0.25, 0.3) is 0 Å². The molecule has 0 fully saturated rings. The summed E-state index contributed by atoms with van der Waals surface area (Å²) in [7, 11) is -2.99. The van der Waals surface area contributed by atoms with Crippen molar-refractivity contribution < 1.29 is 22.7 Å². The lowest BCUT2D eigenvalue weighted by Gasteiger charge is -2.01. The fourth-order valence-electron chi connectivity index (χ4n) is 1.80. The van der Waals surface area contributed by atoms with Gasteiger partial charge in [0, 0.05) is 28.7 Å². The molecule has 0 aliphatic heterocycles. The van der Waals surface area contributed by atoms with E-state index in [0.717, 1.165) is 5.39 Å². The molecule has 2 aromatic rings. The molecule has 108 valence electrons. The van der Waals surface area contributed by atoms with E-state index in [9.17, 15) is 13.2 Å². The van der Waals surface area contributed by atoms with Crippen molar-refractivity contribution in [2.45, 2.75) is 5.75 Å². The summed E-state index contributed by atoms with van der Waals surface area (Å²) in [4.78, 5) is 11.2. The van der Waals surface area contributed by atoms with Crippen molar-refractivity contribution >= 4 is 38.5 Å². The number of rotatable bonds is 6. The molecule has 0 aliphatic carbocycles. The number of benzene rings is 1. The van der Waals surface area contributed by atoms with E-state index in [1.807, 2.05) is 6.07 Å². The second-order valence-electron chi connectivity index (χ2n) is 4.39. The normalized spacial score (nSPS) is 11.8. The molecule has 1 heterocycles. The summed E-state index contributed by atoms with van der Waals surface area (Å²) in [5, 5.41) is 9.91. The van der Waals surface area contributed by atoms with E-state index in [0.29, 0.717) is 22.7 Å². The molecule has 0 saturated carbocycles. The van der Waals surface area contributed by atoms with Crippen LogP contribution in [-0.2, 0) is 15.6 Å². The number of furan rings is 1. The first-order chi connectivity index (χ1) is 9.38. The molecule has 0 aliphatic rings. The highest BCUT2D eigenvalue weighted by molar-refractivity contribution is 8.00. The van der Waals surface area contributed by atoms with Gasteiger partial charge in [-0.3, -0.25) is 0 Å². The van der Waals surface area contributed by atoms with Crippen molar-refractivity contribution in [1.82, 2.24) is 0 Å². The van der Waals surface area contributed by atoms with Crippen LogP contribution in [0.5, 0.6) is 0 Å². The lowest BCUT2D eigenvalue weighted by Crippen LogP contribution is -2.05. The summed E-state index contributed by atoms with van der Waals surface area (Å²) in [6, 6.07) is 7.11. The Balaban J connectivity index is 2.19. The van der Waals surface area contributed by atoms with Gasteiger partial charge in [0.05, 0.1) is 5.75 Å². The monoisotopic (exact) mass is 314 g/mol. The number of carboxylic acid groups (broad SMARTS) is 1. The summed E-state index contributed by atoms with van der Waals surface area (Å²) < 4.78 is 27.4. The predicted molar refractivity (Wildman–Crippen MR) is 79.0 cm³/mol. The quantitative estimate of drug-likeness (QED) is 0.824. The number of fused-ring (bicyclic) bond motifs is 1. The van der Waals surface area contributed by atoms with Gasteiger partial charge in [-0.15, -0.1) is 0 Å². The van der Waals surface area contributed by atoms with Crippen LogP contribution in [0.15, 0.2) is 28.7 Å². The molecular formula is C13H14O5S2. The Bertz CT molecular complexity index is 730. The topological polar surface area (TPSA) is 84.6 Å². The van der Waals surface area contributed by atoms with Crippen molar-refractivity contribution in [2.75, 3.05) is 17.8 Å². The molecule has 2 rings (SSSR count). The summed E-state index contributed by atoms with van der Waals surface area (Å²) in [5.74, 6) is -0.264. The van der Waals surface area contributed by atoms with Gasteiger partial charge in [0.2, 0.25) is 5.76 Å². The summed E-state index contributed by atoms with van der Waals surface area (Å²) in [6.07, 6.45) is 1.18. The van der Waals surface area contributed by atoms with Crippen LogP contribution in [0.25, 0.3) is 11.0 Å². The highest BCUT2D eigenvalue weighted by Gasteiger charge is 2.19. The maximum atomic E-state index is 11.2. The third-order valence-corrected chi connectivity index (χ3v) is 4.93. The average molecular weight is 314 g/mol. The van der Waals surface area contributed by atoms with Crippen LogP contribution in [0.2, 0.25) is 0 Å². The van der Waals surface area contributed by atoms with Gasteiger partial charge in [-0.25, -0.2) is 13.2 Å². The fraction of sp³-hybridized carbons (Fsp3) is 0.308. The molecule has 0 spiro atoms. The maximum Gasteiger partial charge on any atom is 0.372 e. The van der Waals surface area contributed by atoms with Crippen LogP contribution in [0, 0.1) is 0 Å². The first-order valence-electron chi connectivity index (χ1n) is 5.87. The van der Waals surface area contributed by atoms with Crippen LogP contribution in [0.1, 0.15) is 16.1 Å². The minimum Gasteiger partial charge on any atom is -0.475 e.